The van der Waals surface area contributed by atoms with Crippen LogP contribution < -0.4 is 10.1 Å². The van der Waals surface area contributed by atoms with Crippen LogP contribution in [0.25, 0.3) is 0 Å². The van der Waals surface area contributed by atoms with Gasteiger partial charge in [-0.1, -0.05) is 0 Å². The predicted molar refractivity (Wildman–Crippen MR) is 118 cm³/mol. The summed E-state index contributed by atoms with van der Waals surface area (Å²) in [5, 5.41) is 12.8. The first-order chi connectivity index (χ1) is 16.1. The molecule has 0 radical (unpaired) electrons. The van der Waals surface area contributed by atoms with Crippen LogP contribution in [0.4, 0.5) is 5.69 Å². The molecule has 5 rings (SSSR count). The van der Waals surface area contributed by atoms with Gasteiger partial charge in [0.25, 0.3) is 5.91 Å². The molecule has 2 aromatic rings. The van der Waals surface area contributed by atoms with E-state index in [4.69, 9.17) is 14.2 Å². The van der Waals surface area contributed by atoms with Gasteiger partial charge in [-0.2, -0.15) is 0 Å². The second kappa shape index (κ2) is 9.46. The molecule has 2 fully saturated rings. The number of amides is 2. The van der Waals surface area contributed by atoms with Gasteiger partial charge in [0.15, 0.2) is 0 Å². The monoisotopic (exact) mass is 453 g/mol. The molecule has 2 amide bonds. The van der Waals surface area contributed by atoms with Crippen LogP contribution in [-0.4, -0.2) is 78.0 Å². The highest BCUT2D eigenvalue weighted by molar-refractivity contribution is 6.04. The molecule has 3 aliphatic rings. The Morgan fingerprint density at radius 3 is 2.82 bits per heavy atom. The number of ether oxygens (including phenoxy) is 3. The van der Waals surface area contributed by atoms with Gasteiger partial charge < -0.3 is 29.5 Å². The third-order valence-electron chi connectivity index (χ3n) is 6.45. The number of carbonyl (C=O) groups is 2. The van der Waals surface area contributed by atoms with Gasteiger partial charge in [0.2, 0.25) is 5.91 Å². The van der Waals surface area contributed by atoms with Gasteiger partial charge in [0, 0.05) is 42.7 Å². The van der Waals surface area contributed by atoms with E-state index in [9.17, 15) is 14.7 Å². The van der Waals surface area contributed by atoms with Crippen molar-refractivity contribution < 1.29 is 28.9 Å². The fraction of sp³-hybridized carbons (Fsp3) is 0.458. The smallest absolute Gasteiger partial charge is 0.257 e. The minimum absolute atomic E-state index is 0.0371. The van der Waals surface area contributed by atoms with E-state index < -0.39 is 6.10 Å². The quantitative estimate of drug-likeness (QED) is 0.707. The molecular weight excluding hydrogens is 426 g/mol. The van der Waals surface area contributed by atoms with Crippen LogP contribution in [0.5, 0.6) is 5.75 Å². The first-order valence-electron chi connectivity index (χ1n) is 11.3. The van der Waals surface area contributed by atoms with E-state index in [1.165, 1.54) is 6.20 Å². The number of aliphatic hydroxyl groups is 1. The number of pyridine rings is 1. The normalized spacial score (nSPS) is 26.2. The zero-order valence-corrected chi connectivity index (χ0v) is 18.2. The Labute approximate surface area is 191 Å². The number of anilines is 1. The Balaban J connectivity index is 1.31. The number of hydrogen-bond acceptors (Lipinski definition) is 7. The largest absolute Gasteiger partial charge is 0.487 e. The molecule has 2 saturated heterocycles. The average Bonchev–Trinajstić information content (AvgIpc) is 3.22. The molecule has 0 aliphatic carbocycles. The molecule has 0 bridgehead atoms. The first kappa shape index (κ1) is 21.8. The number of aliphatic hydroxyl groups excluding tert-OH is 1. The Kier molecular flexibility index (Phi) is 6.26. The summed E-state index contributed by atoms with van der Waals surface area (Å²) in [6.45, 7) is 2.09. The second-order valence-electron chi connectivity index (χ2n) is 8.55. The standard InChI is InChI=1S/C24H27N3O6/c28-14-21-23-19(11-17(32-21)12-22(29)27-6-8-31-9-7-27)18-10-16(3-4-20(18)33-23)26-24(30)15-2-1-5-25-13-15/h1-5,10,13,17,19,21,23,28H,6-9,11-12,14H2,(H,26,30)/t17-,19-,21+,23+/m0/s1. The van der Waals surface area contributed by atoms with Crippen LogP contribution in [-0.2, 0) is 14.3 Å². The van der Waals surface area contributed by atoms with E-state index in [0.717, 1.165) is 5.56 Å². The number of aromatic nitrogens is 1. The molecule has 4 atom stereocenters. The molecule has 0 unspecified atom stereocenters. The number of rotatable bonds is 5. The van der Waals surface area contributed by atoms with Gasteiger partial charge in [-0.05, 0) is 36.8 Å². The SMILES string of the molecule is O=C(Nc1ccc2c(c1)[C@@H]1C[C@@H](CC(=O)N3CCOCC3)O[C@H](CO)[C@@H]1O2)c1cccnc1. The van der Waals surface area contributed by atoms with Crippen LogP contribution in [0.3, 0.4) is 0 Å². The van der Waals surface area contributed by atoms with Crippen molar-refractivity contribution in [3.8, 4) is 5.75 Å². The van der Waals surface area contributed by atoms with Crippen molar-refractivity contribution in [3.05, 3.63) is 53.9 Å². The molecule has 2 N–H and O–H groups in total. The van der Waals surface area contributed by atoms with Crippen LogP contribution in [0.2, 0.25) is 0 Å². The number of hydrogen-bond donors (Lipinski definition) is 2. The van der Waals surface area contributed by atoms with Gasteiger partial charge in [0.05, 0.1) is 37.9 Å². The molecule has 4 heterocycles. The zero-order chi connectivity index (χ0) is 22.8. The summed E-state index contributed by atoms with van der Waals surface area (Å²) >= 11 is 0. The molecule has 1 aromatic heterocycles. The van der Waals surface area contributed by atoms with Crippen molar-refractivity contribution in [3.63, 3.8) is 0 Å². The third kappa shape index (κ3) is 4.57. The van der Waals surface area contributed by atoms with Crippen LogP contribution in [0.1, 0.15) is 34.7 Å². The lowest BCUT2D eigenvalue weighted by Gasteiger charge is -2.38. The van der Waals surface area contributed by atoms with Crippen molar-refractivity contribution in [2.75, 3.05) is 38.2 Å². The first-order valence-corrected chi connectivity index (χ1v) is 11.3. The van der Waals surface area contributed by atoms with E-state index in [-0.39, 0.29) is 43.0 Å². The van der Waals surface area contributed by atoms with Crippen molar-refractivity contribution in [2.24, 2.45) is 0 Å². The molecule has 0 saturated carbocycles. The maximum atomic E-state index is 12.8. The van der Waals surface area contributed by atoms with Gasteiger partial charge in [-0.25, -0.2) is 0 Å². The Hall–Kier alpha value is -3.01. The number of fused-ring (bicyclic) bond motifs is 3. The highest BCUT2D eigenvalue weighted by atomic mass is 16.6. The number of nitrogens with one attached hydrogen (secondary N) is 1. The average molecular weight is 453 g/mol. The summed E-state index contributed by atoms with van der Waals surface area (Å²) < 4.78 is 17.5. The molecular formula is C24H27N3O6. The highest BCUT2D eigenvalue weighted by Gasteiger charge is 2.46. The Bertz CT molecular complexity index is 1010. The minimum Gasteiger partial charge on any atom is -0.487 e. The van der Waals surface area contributed by atoms with E-state index in [0.29, 0.717) is 49.7 Å². The third-order valence-corrected chi connectivity index (χ3v) is 6.45. The molecule has 9 heteroatoms. The summed E-state index contributed by atoms with van der Waals surface area (Å²) in [6, 6.07) is 8.95. The molecule has 3 aliphatic heterocycles. The Morgan fingerprint density at radius 1 is 1.21 bits per heavy atom. The lowest BCUT2D eigenvalue weighted by atomic mass is 9.84. The lowest BCUT2D eigenvalue weighted by Crippen LogP contribution is -2.48. The van der Waals surface area contributed by atoms with Crippen molar-refractivity contribution in [1.82, 2.24) is 9.88 Å². The highest BCUT2D eigenvalue weighted by Crippen LogP contribution is 2.47. The molecule has 9 nitrogen and oxygen atoms in total. The topological polar surface area (TPSA) is 110 Å². The summed E-state index contributed by atoms with van der Waals surface area (Å²) in [7, 11) is 0. The molecule has 1 aromatic carbocycles. The Morgan fingerprint density at radius 2 is 2.06 bits per heavy atom. The zero-order valence-electron chi connectivity index (χ0n) is 18.2. The predicted octanol–water partition coefficient (Wildman–Crippen LogP) is 1.58. The van der Waals surface area contributed by atoms with Crippen molar-refractivity contribution >= 4 is 17.5 Å². The van der Waals surface area contributed by atoms with E-state index >= 15 is 0 Å². The minimum atomic E-state index is -0.521. The maximum absolute atomic E-state index is 12.8. The van der Waals surface area contributed by atoms with E-state index in [1.54, 1.807) is 29.3 Å². The molecule has 174 valence electrons. The van der Waals surface area contributed by atoms with Crippen molar-refractivity contribution in [2.45, 2.75) is 37.1 Å². The summed E-state index contributed by atoms with van der Waals surface area (Å²) in [6.07, 6.45) is 2.82. The van der Waals surface area contributed by atoms with Gasteiger partial charge in [0.1, 0.15) is 18.0 Å². The lowest BCUT2D eigenvalue weighted by molar-refractivity contribution is -0.151. The molecule has 33 heavy (non-hydrogen) atoms. The van der Waals surface area contributed by atoms with Gasteiger partial charge >= 0.3 is 0 Å². The fourth-order valence-electron chi connectivity index (χ4n) is 4.80. The summed E-state index contributed by atoms with van der Waals surface area (Å²) in [5.41, 5.74) is 2.08. The van der Waals surface area contributed by atoms with Crippen LogP contribution in [0.15, 0.2) is 42.7 Å². The summed E-state index contributed by atoms with van der Waals surface area (Å²) in [4.78, 5) is 31.1. The van der Waals surface area contributed by atoms with Crippen LogP contribution >= 0.6 is 0 Å². The number of benzene rings is 1. The maximum Gasteiger partial charge on any atom is 0.257 e. The second-order valence-corrected chi connectivity index (χ2v) is 8.55. The summed E-state index contributed by atoms with van der Waals surface area (Å²) in [5.74, 6) is 0.470. The van der Waals surface area contributed by atoms with E-state index in [1.807, 2.05) is 12.1 Å². The van der Waals surface area contributed by atoms with Crippen molar-refractivity contribution in [1.29, 1.82) is 0 Å². The van der Waals surface area contributed by atoms with Gasteiger partial charge in [-0.15, -0.1) is 0 Å². The number of carbonyl (C=O) groups excluding carboxylic acids is 2. The number of nitrogens with zero attached hydrogens (tertiary/aromatic N) is 2. The van der Waals surface area contributed by atoms with Gasteiger partial charge in [-0.3, -0.25) is 14.6 Å². The van der Waals surface area contributed by atoms with E-state index in [2.05, 4.69) is 10.3 Å². The van der Waals surface area contributed by atoms with Crippen LogP contribution in [0, 0.1) is 0 Å². The fourth-order valence-corrected chi connectivity index (χ4v) is 4.80. The number of morpholine rings is 1. The molecule has 0 spiro atoms.